The van der Waals surface area contributed by atoms with Crippen LogP contribution in [0.5, 0.6) is 0 Å². The maximum Gasteiger partial charge on any atom is 0.297 e. The first-order chi connectivity index (χ1) is 9.56. The second-order valence-electron chi connectivity index (χ2n) is 6.68. The zero-order chi connectivity index (χ0) is 14.5. The van der Waals surface area contributed by atoms with Crippen LogP contribution in [0, 0.1) is 11.8 Å². The summed E-state index contributed by atoms with van der Waals surface area (Å²) in [4.78, 5) is 6.83. The number of rotatable bonds is 6. The van der Waals surface area contributed by atoms with Gasteiger partial charge < -0.3 is 14.6 Å². The lowest BCUT2D eigenvalue weighted by Gasteiger charge is -2.33. The van der Waals surface area contributed by atoms with Crippen molar-refractivity contribution in [3.05, 3.63) is 12.0 Å². The Bertz CT molecular complexity index is 402. The maximum atomic E-state index is 5.65. The Hall–Kier alpha value is -1.03. The summed E-state index contributed by atoms with van der Waals surface area (Å²) < 4.78 is 5.65. The molecular formula is C16H29N3O. The Balaban J connectivity index is 1.87. The molecule has 0 aromatic carbocycles. The van der Waals surface area contributed by atoms with Crippen molar-refractivity contribution in [3.8, 4) is 0 Å². The van der Waals surface area contributed by atoms with Crippen LogP contribution in [0.4, 0.5) is 6.01 Å². The van der Waals surface area contributed by atoms with E-state index in [1.54, 1.807) is 6.26 Å². The third-order valence-electron chi connectivity index (χ3n) is 4.16. The lowest BCUT2D eigenvalue weighted by atomic mass is 9.86. The molecule has 0 amide bonds. The van der Waals surface area contributed by atoms with E-state index in [2.05, 4.69) is 43.0 Å². The van der Waals surface area contributed by atoms with Crippen molar-refractivity contribution in [2.24, 2.45) is 11.8 Å². The molecule has 4 heteroatoms. The minimum atomic E-state index is 0.578. The average Bonchev–Trinajstić information content (AvgIpc) is 2.86. The minimum Gasteiger partial charge on any atom is -0.432 e. The van der Waals surface area contributed by atoms with Gasteiger partial charge in [-0.15, -0.1) is 0 Å². The highest BCUT2D eigenvalue weighted by molar-refractivity contribution is 5.27. The summed E-state index contributed by atoms with van der Waals surface area (Å²) in [5, 5.41) is 3.40. The second kappa shape index (κ2) is 7.11. The molecule has 4 nitrogen and oxygen atoms in total. The highest BCUT2D eigenvalue weighted by Gasteiger charge is 2.24. The SMILES string of the molecule is CC(C)CNCc1coc(N(C)C2CCCC(C)C2)n1. The molecule has 114 valence electrons. The molecule has 2 unspecified atom stereocenters. The fourth-order valence-electron chi connectivity index (χ4n) is 2.94. The van der Waals surface area contributed by atoms with Crippen LogP contribution in [0.1, 0.15) is 52.1 Å². The van der Waals surface area contributed by atoms with E-state index in [-0.39, 0.29) is 0 Å². The summed E-state index contributed by atoms with van der Waals surface area (Å²) >= 11 is 0. The lowest BCUT2D eigenvalue weighted by Crippen LogP contribution is -2.35. The van der Waals surface area contributed by atoms with Crippen LogP contribution < -0.4 is 10.2 Å². The van der Waals surface area contributed by atoms with Gasteiger partial charge >= 0.3 is 0 Å². The van der Waals surface area contributed by atoms with Crippen molar-refractivity contribution in [3.63, 3.8) is 0 Å². The topological polar surface area (TPSA) is 41.3 Å². The minimum absolute atomic E-state index is 0.578. The van der Waals surface area contributed by atoms with Crippen molar-refractivity contribution < 1.29 is 4.42 Å². The maximum absolute atomic E-state index is 5.65. The number of oxazole rings is 1. The van der Waals surface area contributed by atoms with Crippen molar-refractivity contribution in [2.45, 2.75) is 59.0 Å². The molecule has 1 saturated carbocycles. The Morgan fingerprint density at radius 1 is 1.45 bits per heavy atom. The van der Waals surface area contributed by atoms with E-state index in [0.717, 1.165) is 30.7 Å². The third kappa shape index (κ3) is 4.23. The van der Waals surface area contributed by atoms with Gasteiger partial charge in [0, 0.05) is 19.6 Å². The molecule has 0 bridgehead atoms. The number of aromatic nitrogens is 1. The molecule has 1 heterocycles. The highest BCUT2D eigenvalue weighted by Crippen LogP contribution is 2.29. The molecule has 2 rings (SSSR count). The molecule has 1 aliphatic rings. The average molecular weight is 279 g/mol. The lowest BCUT2D eigenvalue weighted by molar-refractivity contribution is 0.327. The number of hydrogen-bond acceptors (Lipinski definition) is 4. The molecule has 1 aliphatic carbocycles. The largest absolute Gasteiger partial charge is 0.432 e. The molecule has 0 saturated heterocycles. The smallest absolute Gasteiger partial charge is 0.297 e. The molecule has 0 spiro atoms. The summed E-state index contributed by atoms with van der Waals surface area (Å²) in [5.74, 6) is 1.48. The fourth-order valence-corrected chi connectivity index (χ4v) is 2.94. The van der Waals surface area contributed by atoms with Gasteiger partial charge in [0.15, 0.2) is 0 Å². The molecule has 0 radical (unpaired) electrons. The number of anilines is 1. The number of nitrogens with one attached hydrogen (secondary N) is 1. The van der Waals surface area contributed by atoms with Crippen LogP contribution in [0.3, 0.4) is 0 Å². The van der Waals surface area contributed by atoms with E-state index >= 15 is 0 Å². The van der Waals surface area contributed by atoms with Gasteiger partial charge in [-0.05, 0) is 31.2 Å². The highest BCUT2D eigenvalue weighted by atomic mass is 16.4. The van der Waals surface area contributed by atoms with Gasteiger partial charge in [0.2, 0.25) is 0 Å². The van der Waals surface area contributed by atoms with Crippen LogP contribution >= 0.6 is 0 Å². The van der Waals surface area contributed by atoms with Gasteiger partial charge in [-0.25, -0.2) is 0 Å². The third-order valence-corrected chi connectivity index (χ3v) is 4.16. The van der Waals surface area contributed by atoms with E-state index in [1.807, 2.05) is 0 Å². The van der Waals surface area contributed by atoms with Gasteiger partial charge in [-0.1, -0.05) is 33.6 Å². The molecule has 0 aliphatic heterocycles. The Morgan fingerprint density at radius 2 is 2.25 bits per heavy atom. The molecule has 1 aromatic heterocycles. The zero-order valence-corrected chi connectivity index (χ0v) is 13.4. The standard InChI is InChI=1S/C16H29N3O/c1-12(2)9-17-10-14-11-20-16(18-14)19(4)15-7-5-6-13(3)8-15/h11-13,15,17H,5-10H2,1-4H3. The van der Waals surface area contributed by atoms with Crippen molar-refractivity contribution in [2.75, 3.05) is 18.5 Å². The van der Waals surface area contributed by atoms with Crippen LogP contribution in [0.25, 0.3) is 0 Å². The van der Waals surface area contributed by atoms with Gasteiger partial charge in [0.05, 0.1) is 5.69 Å². The van der Waals surface area contributed by atoms with E-state index in [4.69, 9.17) is 4.42 Å². The van der Waals surface area contributed by atoms with Crippen LogP contribution in [-0.4, -0.2) is 24.6 Å². The van der Waals surface area contributed by atoms with E-state index in [0.29, 0.717) is 12.0 Å². The Kier molecular flexibility index (Phi) is 5.46. The first-order valence-electron chi connectivity index (χ1n) is 7.94. The number of nitrogens with zero attached hydrogens (tertiary/aromatic N) is 2. The summed E-state index contributed by atoms with van der Waals surface area (Å²) in [5.41, 5.74) is 0.997. The van der Waals surface area contributed by atoms with Crippen molar-refractivity contribution in [1.82, 2.24) is 10.3 Å². The molecular weight excluding hydrogens is 250 g/mol. The number of hydrogen-bond donors (Lipinski definition) is 1. The van der Waals surface area contributed by atoms with Gasteiger partial charge in [-0.2, -0.15) is 4.98 Å². The fraction of sp³-hybridized carbons (Fsp3) is 0.812. The Labute approximate surface area is 122 Å². The van der Waals surface area contributed by atoms with E-state index in [9.17, 15) is 0 Å². The molecule has 1 fully saturated rings. The van der Waals surface area contributed by atoms with E-state index in [1.165, 1.54) is 25.7 Å². The van der Waals surface area contributed by atoms with Gasteiger partial charge in [0.25, 0.3) is 6.01 Å². The van der Waals surface area contributed by atoms with Crippen molar-refractivity contribution in [1.29, 1.82) is 0 Å². The van der Waals surface area contributed by atoms with Crippen LogP contribution in [0.2, 0.25) is 0 Å². The first-order valence-corrected chi connectivity index (χ1v) is 7.94. The quantitative estimate of drug-likeness (QED) is 0.866. The van der Waals surface area contributed by atoms with Gasteiger partial charge in [-0.3, -0.25) is 0 Å². The second-order valence-corrected chi connectivity index (χ2v) is 6.68. The summed E-state index contributed by atoms with van der Waals surface area (Å²) in [6, 6.07) is 1.35. The molecule has 20 heavy (non-hydrogen) atoms. The van der Waals surface area contributed by atoms with Gasteiger partial charge in [0.1, 0.15) is 6.26 Å². The zero-order valence-electron chi connectivity index (χ0n) is 13.4. The molecule has 2 atom stereocenters. The van der Waals surface area contributed by atoms with Crippen LogP contribution in [0.15, 0.2) is 10.7 Å². The predicted molar refractivity (Wildman–Crippen MR) is 82.9 cm³/mol. The summed E-state index contributed by atoms with van der Waals surface area (Å²) in [6.45, 7) is 8.56. The summed E-state index contributed by atoms with van der Waals surface area (Å²) in [7, 11) is 2.11. The monoisotopic (exact) mass is 279 g/mol. The normalized spacial score (nSPS) is 23.2. The first kappa shape index (κ1) is 15.4. The Morgan fingerprint density at radius 3 is 2.95 bits per heavy atom. The van der Waals surface area contributed by atoms with Crippen molar-refractivity contribution >= 4 is 6.01 Å². The van der Waals surface area contributed by atoms with Crippen LogP contribution in [-0.2, 0) is 6.54 Å². The van der Waals surface area contributed by atoms with E-state index < -0.39 is 0 Å². The molecule has 1 aromatic rings. The summed E-state index contributed by atoms with van der Waals surface area (Å²) in [6.07, 6.45) is 6.97. The predicted octanol–water partition coefficient (Wildman–Crippen LogP) is 3.44. The molecule has 1 N–H and O–H groups in total.